The molecule has 0 bridgehead atoms. The van der Waals surface area contributed by atoms with Crippen molar-refractivity contribution >= 4 is 5.91 Å². The average Bonchev–Trinajstić information content (AvgIpc) is 2.82. The summed E-state index contributed by atoms with van der Waals surface area (Å²) in [5.74, 6) is 1.01. The summed E-state index contributed by atoms with van der Waals surface area (Å²) in [6.45, 7) is 6.69. The molecule has 0 aromatic carbocycles. The molecule has 1 N–H and O–H groups in total. The maximum absolute atomic E-state index is 12.0. The molecule has 6 heteroatoms. The molecule has 1 unspecified atom stereocenters. The second-order valence-electron chi connectivity index (χ2n) is 4.45. The Kier molecular flexibility index (Phi) is 3.73. The third-order valence-corrected chi connectivity index (χ3v) is 3.21. The smallest absolute Gasteiger partial charge is 0.237 e. The van der Waals surface area contributed by atoms with Crippen LogP contribution >= 0.6 is 0 Å². The zero-order valence-electron chi connectivity index (χ0n) is 10.4. The van der Waals surface area contributed by atoms with Gasteiger partial charge in [-0.1, -0.05) is 6.92 Å². The Labute approximate surface area is 101 Å². The highest BCUT2D eigenvalue weighted by Gasteiger charge is 2.21. The lowest BCUT2D eigenvalue weighted by atomic mass is 10.2. The van der Waals surface area contributed by atoms with E-state index >= 15 is 0 Å². The van der Waals surface area contributed by atoms with Crippen LogP contribution in [0.2, 0.25) is 0 Å². The first kappa shape index (κ1) is 12.0. The van der Waals surface area contributed by atoms with Crippen LogP contribution in [0.5, 0.6) is 0 Å². The second kappa shape index (κ2) is 5.27. The summed E-state index contributed by atoms with van der Waals surface area (Å²) in [6, 6.07) is 0.382. The highest BCUT2D eigenvalue weighted by atomic mass is 16.2. The minimum Gasteiger partial charge on any atom is -0.332 e. The molecular weight excluding hydrogens is 218 g/mol. The van der Waals surface area contributed by atoms with Gasteiger partial charge in [-0.3, -0.25) is 4.79 Å². The van der Waals surface area contributed by atoms with Crippen molar-refractivity contribution in [1.82, 2.24) is 25.0 Å². The standard InChI is InChI=1S/C11H19N5O/c1-3-9(2)12-6-11(17)15-4-5-16-8-13-14-10(16)7-15/h8-9,12H,3-7H2,1-2H3. The number of hydrogen-bond donors (Lipinski definition) is 1. The minimum absolute atomic E-state index is 0.138. The van der Waals surface area contributed by atoms with Gasteiger partial charge >= 0.3 is 0 Å². The number of amides is 1. The summed E-state index contributed by atoms with van der Waals surface area (Å²) in [7, 11) is 0. The number of nitrogens with zero attached hydrogens (tertiary/aromatic N) is 4. The predicted octanol–water partition coefficient (Wildman–Crippen LogP) is 0.00840. The number of aromatic nitrogens is 3. The number of hydrogen-bond acceptors (Lipinski definition) is 4. The molecule has 0 aliphatic carbocycles. The van der Waals surface area contributed by atoms with E-state index < -0.39 is 0 Å². The molecule has 17 heavy (non-hydrogen) atoms. The normalized spacial score (nSPS) is 16.7. The molecule has 0 spiro atoms. The van der Waals surface area contributed by atoms with Crippen LogP contribution in [0.4, 0.5) is 0 Å². The Morgan fingerprint density at radius 1 is 1.59 bits per heavy atom. The topological polar surface area (TPSA) is 63.1 Å². The van der Waals surface area contributed by atoms with E-state index in [1.165, 1.54) is 0 Å². The fourth-order valence-electron chi connectivity index (χ4n) is 1.80. The van der Waals surface area contributed by atoms with Gasteiger partial charge in [0, 0.05) is 19.1 Å². The van der Waals surface area contributed by atoms with Crippen LogP contribution in [-0.4, -0.2) is 44.7 Å². The molecule has 1 aliphatic rings. The molecule has 1 amide bonds. The number of carbonyl (C=O) groups is 1. The molecule has 2 rings (SSSR count). The van der Waals surface area contributed by atoms with Crippen LogP contribution in [0, 0.1) is 0 Å². The Morgan fingerprint density at radius 3 is 3.18 bits per heavy atom. The lowest BCUT2D eigenvalue weighted by Gasteiger charge is -2.27. The van der Waals surface area contributed by atoms with Crippen LogP contribution in [0.1, 0.15) is 26.1 Å². The predicted molar refractivity (Wildman–Crippen MR) is 63.2 cm³/mol. The van der Waals surface area contributed by atoms with Crippen LogP contribution in [0.25, 0.3) is 0 Å². The van der Waals surface area contributed by atoms with Gasteiger partial charge in [0.1, 0.15) is 6.33 Å². The molecule has 94 valence electrons. The molecule has 0 radical (unpaired) electrons. The monoisotopic (exact) mass is 237 g/mol. The van der Waals surface area contributed by atoms with Crippen molar-refractivity contribution < 1.29 is 4.79 Å². The van der Waals surface area contributed by atoms with E-state index in [0.717, 1.165) is 25.3 Å². The number of fused-ring (bicyclic) bond motifs is 1. The maximum Gasteiger partial charge on any atom is 0.237 e. The van der Waals surface area contributed by atoms with Crippen molar-refractivity contribution in [3.05, 3.63) is 12.2 Å². The van der Waals surface area contributed by atoms with Gasteiger partial charge in [0.2, 0.25) is 5.91 Å². The Hall–Kier alpha value is -1.43. The Morgan fingerprint density at radius 2 is 2.41 bits per heavy atom. The highest BCUT2D eigenvalue weighted by Crippen LogP contribution is 2.08. The van der Waals surface area contributed by atoms with Gasteiger partial charge < -0.3 is 14.8 Å². The highest BCUT2D eigenvalue weighted by molar-refractivity contribution is 5.78. The van der Waals surface area contributed by atoms with Crippen LogP contribution in [0.3, 0.4) is 0 Å². The van der Waals surface area contributed by atoms with Crippen molar-refractivity contribution in [2.75, 3.05) is 13.1 Å². The molecule has 1 aromatic rings. The van der Waals surface area contributed by atoms with Crippen molar-refractivity contribution in [1.29, 1.82) is 0 Å². The Bertz CT molecular complexity index is 389. The summed E-state index contributed by atoms with van der Waals surface area (Å²) in [5, 5.41) is 11.1. The first-order chi connectivity index (χ1) is 8.20. The van der Waals surface area contributed by atoms with E-state index in [4.69, 9.17) is 0 Å². The fourth-order valence-corrected chi connectivity index (χ4v) is 1.80. The summed E-state index contributed by atoms with van der Waals surface area (Å²) in [6.07, 6.45) is 2.75. The fraction of sp³-hybridized carbons (Fsp3) is 0.727. The van der Waals surface area contributed by atoms with Gasteiger partial charge in [-0.15, -0.1) is 10.2 Å². The maximum atomic E-state index is 12.0. The van der Waals surface area contributed by atoms with Crippen LogP contribution in [0.15, 0.2) is 6.33 Å². The SMILES string of the molecule is CCC(C)NCC(=O)N1CCn2cnnc2C1. The molecule has 1 aliphatic heterocycles. The third-order valence-electron chi connectivity index (χ3n) is 3.21. The van der Waals surface area contributed by atoms with Crippen LogP contribution in [-0.2, 0) is 17.9 Å². The van der Waals surface area contributed by atoms with Gasteiger partial charge in [-0.05, 0) is 13.3 Å². The van der Waals surface area contributed by atoms with E-state index in [9.17, 15) is 4.79 Å². The summed E-state index contributed by atoms with van der Waals surface area (Å²) in [4.78, 5) is 13.8. The van der Waals surface area contributed by atoms with Gasteiger partial charge in [-0.25, -0.2) is 0 Å². The lowest BCUT2D eigenvalue weighted by molar-refractivity contribution is -0.131. The van der Waals surface area contributed by atoms with Crippen molar-refractivity contribution in [3.8, 4) is 0 Å². The Balaban J connectivity index is 1.86. The van der Waals surface area contributed by atoms with E-state index in [0.29, 0.717) is 19.1 Å². The van der Waals surface area contributed by atoms with Crippen molar-refractivity contribution in [3.63, 3.8) is 0 Å². The zero-order chi connectivity index (χ0) is 12.3. The second-order valence-corrected chi connectivity index (χ2v) is 4.45. The molecule has 0 saturated heterocycles. The van der Waals surface area contributed by atoms with E-state index in [-0.39, 0.29) is 5.91 Å². The largest absolute Gasteiger partial charge is 0.332 e. The van der Waals surface area contributed by atoms with Crippen molar-refractivity contribution in [2.24, 2.45) is 0 Å². The molecule has 6 nitrogen and oxygen atoms in total. The molecular formula is C11H19N5O. The van der Waals surface area contributed by atoms with E-state index in [1.807, 2.05) is 9.47 Å². The molecule has 0 saturated carbocycles. The molecule has 1 aromatic heterocycles. The first-order valence-corrected chi connectivity index (χ1v) is 6.08. The lowest BCUT2D eigenvalue weighted by Crippen LogP contribution is -2.44. The zero-order valence-corrected chi connectivity index (χ0v) is 10.4. The molecule has 0 fully saturated rings. The van der Waals surface area contributed by atoms with E-state index in [1.54, 1.807) is 6.33 Å². The van der Waals surface area contributed by atoms with Gasteiger partial charge in [0.15, 0.2) is 5.82 Å². The third kappa shape index (κ3) is 2.82. The number of carbonyl (C=O) groups excluding carboxylic acids is 1. The first-order valence-electron chi connectivity index (χ1n) is 6.08. The number of nitrogens with one attached hydrogen (secondary N) is 1. The van der Waals surface area contributed by atoms with Crippen molar-refractivity contribution in [2.45, 2.75) is 39.4 Å². The van der Waals surface area contributed by atoms with E-state index in [2.05, 4.69) is 29.4 Å². The van der Waals surface area contributed by atoms with Gasteiger partial charge in [0.05, 0.1) is 13.1 Å². The average molecular weight is 237 g/mol. The van der Waals surface area contributed by atoms with Crippen LogP contribution < -0.4 is 5.32 Å². The van der Waals surface area contributed by atoms with Gasteiger partial charge in [0.25, 0.3) is 0 Å². The molecule has 1 atom stereocenters. The van der Waals surface area contributed by atoms with Gasteiger partial charge in [-0.2, -0.15) is 0 Å². The summed E-state index contributed by atoms with van der Waals surface area (Å²) >= 11 is 0. The summed E-state index contributed by atoms with van der Waals surface area (Å²) < 4.78 is 1.99. The minimum atomic E-state index is 0.138. The number of rotatable bonds is 4. The quantitative estimate of drug-likeness (QED) is 0.801. The molecule has 2 heterocycles. The summed E-state index contributed by atoms with van der Waals surface area (Å²) in [5.41, 5.74) is 0.